The zero-order valence-electron chi connectivity index (χ0n) is 21.7. The van der Waals surface area contributed by atoms with Gasteiger partial charge < -0.3 is 14.6 Å². The van der Waals surface area contributed by atoms with E-state index in [4.69, 9.17) is 4.74 Å². The average Bonchev–Trinajstić information content (AvgIpc) is 3.74. The fraction of sp³-hybridized carbons (Fsp3) is 0.207. The van der Waals surface area contributed by atoms with Gasteiger partial charge in [0.25, 0.3) is 0 Å². The number of benzene rings is 1. The van der Waals surface area contributed by atoms with Crippen LogP contribution in [0, 0.1) is 5.92 Å². The number of nitrogens with zero attached hydrogens (tertiary/aromatic N) is 4. The Labute approximate surface area is 234 Å². The number of aromatic nitrogens is 4. The van der Waals surface area contributed by atoms with E-state index in [1.165, 1.54) is 11.3 Å². The predicted molar refractivity (Wildman–Crippen MR) is 155 cm³/mol. The summed E-state index contributed by atoms with van der Waals surface area (Å²) < 4.78 is 8.16. The molecule has 11 heteroatoms. The molecule has 4 aromatic heterocycles. The van der Waals surface area contributed by atoms with Gasteiger partial charge in [-0.2, -0.15) is 4.98 Å². The van der Waals surface area contributed by atoms with Crippen LogP contribution >= 0.6 is 11.3 Å². The topological polar surface area (TPSA) is 123 Å². The van der Waals surface area contributed by atoms with Crippen molar-refractivity contribution in [2.75, 3.05) is 23.7 Å². The van der Waals surface area contributed by atoms with Crippen molar-refractivity contribution in [1.82, 2.24) is 24.8 Å². The lowest BCUT2D eigenvalue weighted by Gasteiger charge is -2.23. The van der Waals surface area contributed by atoms with Crippen LogP contribution in [-0.2, 0) is 7.05 Å². The fourth-order valence-corrected chi connectivity index (χ4v) is 5.63. The van der Waals surface area contributed by atoms with Crippen molar-refractivity contribution < 1.29 is 14.3 Å². The average molecular weight is 554 g/mol. The number of ketones is 1. The third-order valence-corrected chi connectivity index (χ3v) is 7.77. The highest BCUT2D eigenvalue weighted by molar-refractivity contribution is 7.13. The zero-order chi connectivity index (χ0) is 27.5. The number of hydrogen-bond acceptors (Lipinski definition) is 8. The van der Waals surface area contributed by atoms with Crippen LogP contribution < -0.4 is 20.7 Å². The molecule has 2 unspecified atom stereocenters. The molecule has 0 radical (unpaired) electrons. The van der Waals surface area contributed by atoms with Crippen molar-refractivity contribution in [2.24, 2.45) is 13.0 Å². The molecule has 1 aliphatic rings. The van der Waals surface area contributed by atoms with Crippen molar-refractivity contribution >= 4 is 45.7 Å². The normalized spacial score (nSPS) is 15.6. The molecule has 2 amide bonds. The van der Waals surface area contributed by atoms with Gasteiger partial charge in [0.15, 0.2) is 6.10 Å². The number of carbonyl (C=O) groups is 2. The lowest BCUT2D eigenvalue weighted by atomic mass is 9.96. The fourth-order valence-electron chi connectivity index (χ4n) is 4.87. The Morgan fingerprint density at radius 3 is 2.67 bits per heavy atom. The minimum atomic E-state index is -0.726. The molecule has 5 aromatic rings. The van der Waals surface area contributed by atoms with E-state index in [1.54, 1.807) is 36.0 Å². The maximum Gasteiger partial charge on any atom is 0.326 e. The first-order valence-corrected chi connectivity index (χ1v) is 13.8. The summed E-state index contributed by atoms with van der Waals surface area (Å²) in [5.74, 6) is 0.872. The molecule has 0 spiro atoms. The monoisotopic (exact) mass is 553 g/mol. The molecule has 202 valence electrons. The molecule has 2 atom stereocenters. The van der Waals surface area contributed by atoms with Crippen LogP contribution in [0.2, 0.25) is 0 Å². The summed E-state index contributed by atoms with van der Waals surface area (Å²) in [6, 6.07) is 18.1. The van der Waals surface area contributed by atoms with Gasteiger partial charge in [-0.25, -0.2) is 9.78 Å². The molecule has 1 aromatic carbocycles. The molecule has 5 heterocycles. The van der Waals surface area contributed by atoms with Gasteiger partial charge in [0.1, 0.15) is 16.6 Å². The molecule has 1 saturated heterocycles. The number of rotatable bonds is 8. The van der Waals surface area contributed by atoms with Crippen molar-refractivity contribution in [3.05, 3.63) is 84.1 Å². The summed E-state index contributed by atoms with van der Waals surface area (Å²) in [4.78, 5) is 39.4. The third-order valence-electron chi connectivity index (χ3n) is 6.88. The summed E-state index contributed by atoms with van der Waals surface area (Å²) in [5, 5.41) is 12.3. The molecular formula is C29H27N7O3S. The van der Waals surface area contributed by atoms with Crippen LogP contribution in [-0.4, -0.2) is 50.5 Å². The predicted octanol–water partition coefficient (Wildman–Crippen LogP) is 4.98. The number of pyridine rings is 2. The second kappa shape index (κ2) is 11.2. The number of Topliss-reactive ketones (excluding diaryl/α,β-unsaturated/α-hetero) is 1. The van der Waals surface area contributed by atoms with E-state index in [1.807, 2.05) is 54.1 Å². The highest BCUT2D eigenvalue weighted by Crippen LogP contribution is 2.27. The molecule has 0 bridgehead atoms. The smallest absolute Gasteiger partial charge is 0.326 e. The van der Waals surface area contributed by atoms with Gasteiger partial charge in [-0.05, 0) is 43.3 Å². The Kier molecular flexibility index (Phi) is 7.21. The molecule has 6 rings (SSSR count). The summed E-state index contributed by atoms with van der Waals surface area (Å²) in [7, 11) is 1.89. The van der Waals surface area contributed by atoms with Crippen LogP contribution in [0.25, 0.3) is 21.5 Å². The number of para-hydroxylation sites is 1. The van der Waals surface area contributed by atoms with Gasteiger partial charge in [0.05, 0.1) is 5.69 Å². The van der Waals surface area contributed by atoms with Crippen molar-refractivity contribution in [1.29, 1.82) is 0 Å². The molecule has 1 aliphatic heterocycles. The number of nitrogens with one attached hydrogen (secondary N) is 3. The van der Waals surface area contributed by atoms with Crippen LogP contribution in [0.5, 0.6) is 5.88 Å². The SMILES string of the molecule is Cn1c(C(=O)C(Oc2cccc(NC(=O)Nc3csc(-c4ccncc4)n3)n2)C2CCNC2)cc2ccccc21. The Morgan fingerprint density at radius 2 is 1.88 bits per heavy atom. The van der Waals surface area contributed by atoms with Crippen LogP contribution in [0.15, 0.2) is 78.4 Å². The second-order valence-electron chi connectivity index (χ2n) is 9.52. The highest BCUT2D eigenvalue weighted by Gasteiger charge is 2.35. The van der Waals surface area contributed by atoms with Gasteiger partial charge in [-0.1, -0.05) is 24.3 Å². The van der Waals surface area contributed by atoms with Crippen molar-refractivity contribution in [3.63, 3.8) is 0 Å². The minimum Gasteiger partial charge on any atom is -0.465 e. The van der Waals surface area contributed by atoms with Crippen LogP contribution in [0.1, 0.15) is 16.9 Å². The van der Waals surface area contributed by atoms with Crippen molar-refractivity contribution in [3.8, 4) is 16.5 Å². The van der Waals surface area contributed by atoms with Gasteiger partial charge in [0, 0.05) is 59.8 Å². The Bertz CT molecular complexity index is 1660. The number of thiazole rings is 1. The third kappa shape index (κ3) is 5.42. The lowest BCUT2D eigenvalue weighted by Crippen LogP contribution is -2.37. The number of hydrogen-bond donors (Lipinski definition) is 3. The molecule has 0 saturated carbocycles. The summed E-state index contributed by atoms with van der Waals surface area (Å²) in [5.41, 5.74) is 2.49. The lowest BCUT2D eigenvalue weighted by molar-refractivity contribution is 0.0674. The van der Waals surface area contributed by atoms with Gasteiger partial charge >= 0.3 is 6.03 Å². The summed E-state index contributed by atoms with van der Waals surface area (Å²) in [6.45, 7) is 1.50. The van der Waals surface area contributed by atoms with Crippen LogP contribution in [0.3, 0.4) is 0 Å². The van der Waals surface area contributed by atoms with Gasteiger partial charge in [0.2, 0.25) is 11.7 Å². The first kappa shape index (κ1) is 25.7. The van der Waals surface area contributed by atoms with Gasteiger partial charge in [-0.3, -0.25) is 20.4 Å². The Hall–Kier alpha value is -4.61. The van der Waals surface area contributed by atoms with E-state index >= 15 is 0 Å². The first-order chi connectivity index (χ1) is 19.5. The highest BCUT2D eigenvalue weighted by atomic mass is 32.1. The molecule has 3 N–H and O–H groups in total. The second-order valence-corrected chi connectivity index (χ2v) is 10.4. The van der Waals surface area contributed by atoms with Gasteiger partial charge in [-0.15, -0.1) is 11.3 Å². The minimum absolute atomic E-state index is 0.00789. The van der Waals surface area contributed by atoms with E-state index in [9.17, 15) is 9.59 Å². The zero-order valence-corrected chi connectivity index (χ0v) is 22.5. The Balaban J connectivity index is 1.17. The molecule has 0 aliphatic carbocycles. The number of amides is 2. The van der Waals surface area contributed by atoms with E-state index in [0.717, 1.165) is 34.4 Å². The molecule has 10 nitrogen and oxygen atoms in total. The maximum atomic E-state index is 13.8. The molecule has 40 heavy (non-hydrogen) atoms. The van der Waals surface area contributed by atoms with Crippen molar-refractivity contribution in [2.45, 2.75) is 12.5 Å². The summed E-state index contributed by atoms with van der Waals surface area (Å²) in [6.07, 6.45) is 3.48. The van der Waals surface area contributed by atoms with E-state index in [0.29, 0.717) is 23.9 Å². The Morgan fingerprint density at radius 1 is 1.05 bits per heavy atom. The molecule has 1 fully saturated rings. The number of ether oxygens (including phenoxy) is 1. The first-order valence-electron chi connectivity index (χ1n) is 12.9. The molecular weight excluding hydrogens is 526 g/mol. The number of aryl methyl sites for hydroxylation is 1. The number of fused-ring (bicyclic) bond motifs is 1. The quantitative estimate of drug-likeness (QED) is 0.232. The number of carbonyl (C=O) groups excluding carboxylic acids is 2. The number of anilines is 2. The maximum absolute atomic E-state index is 13.8. The van der Waals surface area contributed by atoms with E-state index < -0.39 is 12.1 Å². The standard InChI is InChI=1S/C29H27N7O3S/c1-36-21-6-3-2-5-19(21)15-22(36)26(37)27(20-11-14-31-16-20)39-25-8-4-7-23(32-25)34-29(38)35-24-17-40-28(33-24)18-9-12-30-13-10-18/h2-10,12-13,15,17,20,27,31H,11,14,16H2,1H3,(H2,32,34,35,38). The van der Waals surface area contributed by atoms with E-state index in [-0.39, 0.29) is 17.6 Å². The van der Waals surface area contributed by atoms with Crippen LogP contribution in [0.4, 0.5) is 16.4 Å². The largest absolute Gasteiger partial charge is 0.465 e. The number of urea groups is 1. The summed E-state index contributed by atoms with van der Waals surface area (Å²) >= 11 is 1.42. The van der Waals surface area contributed by atoms with E-state index in [2.05, 4.69) is 30.9 Å².